The molecule has 0 radical (unpaired) electrons. The minimum Gasteiger partial charge on any atom is -0.497 e. The van der Waals surface area contributed by atoms with E-state index in [2.05, 4.69) is 33.5 Å². The molecule has 1 N–H and O–H groups in total. The minimum atomic E-state index is -0.999. The lowest BCUT2D eigenvalue weighted by molar-refractivity contribution is -0.139. The normalized spacial score (nSPS) is 11.0. The van der Waals surface area contributed by atoms with Crippen molar-refractivity contribution in [2.45, 2.75) is 39.8 Å². The number of carboxylic acid groups (broad SMARTS) is 1. The zero-order valence-electron chi connectivity index (χ0n) is 20.6. The Morgan fingerprint density at radius 3 is 2.47 bits per heavy atom. The molecule has 36 heavy (non-hydrogen) atoms. The number of carboxylic acids is 1. The summed E-state index contributed by atoms with van der Waals surface area (Å²) >= 11 is 3.54. The molecule has 0 atom stereocenters. The average Bonchev–Trinajstić information content (AvgIpc) is 3.22. The summed E-state index contributed by atoms with van der Waals surface area (Å²) in [5.74, 6) is 2.11. The van der Waals surface area contributed by atoms with E-state index in [0.29, 0.717) is 18.9 Å². The van der Waals surface area contributed by atoms with Gasteiger partial charge in [0.2, 0.25) is 0 Å². The molecule has 0 saturated carbocycles. The van der Waals surface area contributed by atoms with E-state index >= 15 is 0 Å². The fourth-order valence-electron chi connectivity index (χ4n) is 4.16. The van der Waals surface area contributed by atoms with Gasteiger partial charge in [0.15, 0.2) is 6.61 Å². The summed E-state index contributed by atoms with van der Waals surface area (Å²) in [5, 5.41) is 8.90. The van der Waals surface area contributed by atoms with Gasteiger partial charge >= 0.3 is 5.97 Å². The summed E-state index contributed by atoms with van der Waals surface area (Å²) in [6.07, 6.45) is 1.53. The standard InChI is InChI=1S/C28H29BrN2O5/c1-4-19-12-18(6-10-25(19)36-17-28(32)33)16-35-26-11-8-22(34-3)13-20(26)15-31-24-9-7-21(29)14-23(24)30-27(31)5-2/h6-14H,4-5,15-17H2,1-3H3,(H,32,33). The summed E-state index contributed by atoms with van der Waals surface area (Å²) in [4.78, 5) is 15.7. The van der Waals surface area contributed by atoms with Gasteiger partial charge in [-0.25, -0.2) is 9.78 Å². The van der Waals surface area contributed by atoms with Crippen LogP contribution in [0, 0.1) is 0 Å². The number of halogens is 1. The molecule has 0 bridgehead atoms. The van der Waals surface area contributed by atoms with Crippen LogP contribution in [0.25, 0.3) is 11.0 Å². The number of imidazole rings is 1. The highest BCUT2D eigenvalue weighted by Crippen LogP contribution is 2.29. The fraction of sp³-hybridized carbons (Fsp3) is 0.286. The molecule has 4 aromatic rings. The second-order valence-electron chi connectivity index (χ2n) is 8.34. The van der Waals surface area contributed by atoms with Crippen LogP contribution in [-0.2, 0) is 30.8 Å². The van der Waals surface area contributed by atoms with Gasteiger partial charge in [-0.3, -0.25) is 0 Å². The summed E-state index contributed by atoms with van der Waals surface area (Å²) in [7, 11) is 1.65. The van der Waals surface area contributed by atoms with Crippen molar-refractivity contribution in [2.75, 3.05) is 13.7 Å². The van der Waals surface area contributed by atoms with Crippen LogP contribution in [0.15, 0.2) is 59.1 Å². The Balaban J connectivity index is 1.60. The van der Waals surface area contributed by atoms with Crippen LogP contribution in [0.5, 0.6) is 17.2 Å². The maximum Gasteiger partial charge on any atom is 0.341 e. The number of hydrogen-bond acceptors (Lipinski definition) is 5. The Labute approximate surface area is 218 Å². The van der Waals surface area contributed by atoms with Crippen LogP contribution >= 0.6 is 15.9 Å². The lowest BCUT2D eigenvalue weighted by Gasteiger charge is -2.16. The molecule has 0 aliphatic heterocycles. The molecule has 0 saturated heterocycles. The number of rotatable bonds is 11. The van der Waals surface area contributed by atoms with Gasteiger partial charge in [0.25, 0.3) is 0 Å². The van der Waals surface area contributed by atoms with E-state index in [4.69, 9.17) is 24.3 Å². The first kappa shape index (κ1) is 25.6. The predicted molar refractivity (Wildman–Crippen MR) is 142 cm³/mol. The monoisotopic (exact) mass is 552 g/mol. The number of methoxy groups -OCH3 is 1. The van der Waals surface area contributed by atoms with Gasteiger partial charge in [-0.05, 0) is 66.1 Å². The first-order valence-corrected chi connectivity index (χ1v) is 12.6. The van der Waals surface area contributed by atoms with E-state index in [1.54, 1.807) is 13.2 Å². The summed E-state index contributed by atoms with van der Waals surface area (Å²) in [6.45, 7) is 4.71. The van der Waals surface area contributed by atoms with Gasteiger partial charge in [0.1, 0.15) is 29.7 Å². The quantitative estimate of drug-likeness (QED) is 0.245. The number of benzene rings is 3. The zero-order valence-corrected chi connectivity index (χ0v) is 22.2. The highest BCUT2D eigenvalue weighted by molar-refractivity contribution is 9.10. The molecule has 8 heteroatoms. The largest absolute Gasteiger partial charge is 0.497 e. The Bertz CT molecular complexity index is 1380. The van der Waals surface area contributed by atoms with E-state index in [9.17, 15) is 4.79 Å². The van der Waals surface area contributed by atoms with E-state index in [1.807, 2.05) is 49.4 Å². The topological polar surface area (TPSA) is 82.8 Å². The van der Waals surface area contributed by atoms with Crippen molar-refractivity contribution in [3.63, 3.8) is 0 Å². The number of aromatic nitrogens is 2. The Morgan fingerprint density at radius 1 is 0.972 bits per heavy atom. The molecule has 4 rings (SSSR count). The van der Waals surface area contributed by atoms with Crippen LogP contribution in [0.4, 0.5) is 0 Å². The van der Waals surface area contributed by atoms with Crippen molar-refractivity contribution in [2.24, 2.45) is 0 Å². The third kappa shape index (κ3) is 5.82. The average molecular weight is 553 g/mol. The first-order valence-electron chi connectivity index (χ1n) is 11.8. The Morgan fingerprint density at radius 2 is 1.75 bits per heavy atom. The SMILES string of the molecule is CCc1cc(COc2ccc(OC)cc2Cn2c(CC)nc3cc(Br)ccc32)ccc1OCC(=O)O. The molecule has 1 heterocycles. The van der Waals surface area contributed by atoms with Gasteiger partial charge in [-0.1, -0.05) is 35.8 Å². The molecule has 0 spiro atoms. The maximum atomic E-state index is 10.9. The molecule has 0 amide bonds. The van der Waals surface area contributed by atoms with Gasteiger partial charge in [0, 0.05) is 16.5 Å². The van der Waals surface area contributed by atoms with E-state index in [0.717, 1.165) is 62.4 Å². The number of aliphatic carboxylic acids is 1. The van der Waals surface area contributed by atoms with Crippen molar-refractivity contribution in [3.05, 3.63) is 81.6 Å². The van der Waals surface area contributed by atoms with Crippen molar-refractivity contribution in [3.8, 4) is 17.2 Å². The maximum absolute atomic E-state index is 10.9. The van der Waals surface area contributed by atoms with E-state index in [1.165, 1.54) is 0 Å². The number of aryl methyl sites for hydroxylation is 2. The highest BCUT2D eigenvalue weighted by Gasteiger charge is 2.14. The second-order valence-corrected chi connectivity index (χ2v) is 9.26. The van der Waals surface area contributed by atoms with Crippen LogP contribution < -0.4 is 14.2 Å². The second kappa shape index (κ2) is 11.5. The Kier molecular flexibility index (Phi) is 8.15. The molecular weight excluding hydrogens is 524 g/mol. The Hall–Kier alpha value is -3.52. The summed E-state index contributed by atoms with van der Waals surface area (Å²) in [6, 6.07) is 17.7. The number of hydrogen-bond donors (Lipinski definition) is 1. The summed E-state index contributed by atoms with van der Waals surface area (Å²) in [5.41, 5.74) is 4.92. The lowest BCUT2D eigenvalue weighted by Crippen LogP contribution is -2.11. The molecule has 1 aromatic heterocycles. The van der Waals surface area contributed by atoms with Gasteiger partial charge < -0.3 is 23.9 Å². The third-order valence-corrected chi connectivity index (χ3v) is 6.45. The molecular formula is C28H29BrN2O5. The van der Waals surface area contributed by atoms with Crippen molar-refractivity contribution in [1.82, 2.24) is 9.55 Å². The van der Waals surface area contributed by atoms with Crippen molar-refractivity contribution in [1.29, 1.82) is 0 Å². The van der Waals surface area contributed by atoms with Gasteiger partial charge in [-0.2, -0.15) is 0 Å². The molecule has 188 valence electrons. The number of carbonyl (C=O) groups is 1. The van der Waals surface area contributed by atoms with Crippen molar-refractivity contribution < 1.29 is 24.1 Å². The van der Waals surface area contributed by atoms with Crippen LogP contribution in [0.1, 0.15) is 36.4 Å². The first-order chi connectivity index (χ1) is 17.4. The zero-order chi connectivity index (χ0) is 25.7. The van der Waals surface area contributed by atoms with Crippen molar-refractivity contribution >= 4 is 32.9 Å². The number of ether oxygens (including phenoxy) is 3. The number of nitrogens with zero attached hydrogens (tertiary/aromatic N) is 2. The molecule has 3 aromatic carbocycles. The smallest absolute Gasteiger partial charge is 0.341 e. The molecule has 0 aliphatic rings. The fourth-order valence-corrected chi connectivity index (χ4v) is 4.51. The van der Waals surface area contributed by atoms with Crippen LogP contribution in [-0.4, -0.2) is 34.3 Å². The number of fused-ring (bicyclic) bond motifs is 1. The molecule has 0 fully saturated rings. The third-order valence-electron chi connectivity index (χ3n) is 5.95. The van der Waals surface area contributed by atoms with Crippen LogP contribution in [0.3, 0.4) is 0 Å². The minimum absolute atomic E-state index is 0.363. The van der Waals surface area contributed by atoms with E-state index < -0.39 is 5.97 Å². The molecule has 0 unspecified atom stereocenters. The van der Waals surface area contributed by atoms with Gasteiger partial charge in [-0.15, -0.1) is 0 Å². The predicted octanol–water partition coefficient (Wildman–Crippen LogP) is 6.02. The van der Waals surface area contributed by atoms with Gasteiger partial charge in [0.05, 0.1) is 24.7 Å². The highest BCUT2D eigenvalue weighted by atomic mass is 79.9. The lowest BCUT2D eigenvalue weighted by atomic mass is 10.1. The van der Waals surface area contributed by atoms with E-state index in [-0.39, 0.29) is 6.61 Å². The summed E-state index contributed by atoms with van der Waals surface area (Å²) < 4.78 is 20.4. The molecule has 7 nitrogen and oxygen atoms in total. The van der Waals surface area contributed by atoms with Crippen LogP contribution in [0.2, 0.25) is 0 Å². The molecule has 0 aliphatic carbocycles.